The number of aromatic nitrogens is 1. The maximum absolute atomic E-state index is 12.7. The smallest absolute Gasteiger partial charge is 0.272 e. The highest BCUT2D eigenvalue weighted by molar-refractivity contribution is 5.92. The number of hydrogen-bond donors (Lipinski definition) is 0. The fourth-order valence-corrected chi connectivity index (χ4v) is 3.54. The normalized spacial score (nSPS) is 21.6. The summed E-state index contributed by atoms with van der Waals surface area (Å²) in [7, 11) is 2.17. The Hall–Kier alpha value is -1.42. The minimum Gasteiger partial charge on any atom is -0.337 e. The van der Waals surface area contributed by atoms with Crippen LogP contribution < -0.4 is 0 Å². The van der Waals surface area contributed by atoms with Gasteiger partial charge in [-0.3, -0.25) is 4.79 Å². The maximum atomic E-state index is 12.7. The number of carbonyl (C=O) groups is 1. The van der Waals surface area contributed by atoms with E-state index < -0.39 is 0 Å². The zero-order valence-electron chi connectivity index (χ0n) is 13.6. The van der Waals surface area contributed by atoms with Crippen molar-refractivity contribution < 1.29 is 4.79 Å². The monoisotopic (exact) mass is 301 g/mol. The molecule has 0 unspecified atom stereocenters. The lowest BCUT2D eigenvalue weighted by Crippen LogP contribution is -2.33. The third-order valence-corrected chi connectivity index (χ3v) is 5.02. The molecule has 1 aromatic rings. The lowest BCUT2D eigenvalue weighted by atomic mass is 9.93. The number of nitrogens with zero attached hydrogens (tertiary/aromatic N) is 3. The van der Waals surface area contributed by atoms with Crippen molar-refractivity contribution in [3.8, 4) is 0 Å². The number of carbonyl (C=O) groups excluding carboxylic acids is 1. The van der Waals surface area contributed by atoms with Gasteiger partial charge in [0.15, 0.2) is 0 Å². The van der Waals surface area contributed by atoms with Crippen molar-refractivity contribution in [1.82, 2.24) is 14.8 Å². The summed E-state index contributed by atoms with van der Waals surface area (Å²) in [6, 6.07) is 5.98. The van der Waals surface area contributed by atoms with Crippen LogP contribution in [0, 0.1) is 0 Å². The van der Waals surface area contributed by atoms with Gasteiger partial charge in [-0.05, 0) is 58.0 Å². The van der Waals surface area contributed by atoms with Gasteiger partial charge in [0.1, 0.15) is 5.69 Å². The zero-order valence-corrected chi connectivity index (χ0v) is 13.6. The molecule has 4 nitrogen and oxygen atoms in total. The number of hydrogen-bond acceptors (Lipinski definition) is 3. The summed E-state index contributed by atoms with van der Waals surface area (Å²) in [5, 5.41) is 0. The molecule has 3 rings (SSSR count). The first-order valence-electron chi connectivity index (χ1n) is 8.69. The number of pyridine rings is 1. The fraction of sp³-hybridized carbons (Fsp3) is 0.667. The summed E-state index contributed by atoms with van der Waals surface area (Å²) in [5.41, 5.74) is 1.74. The molecule has 2 fully saturated rings. The Balaban J connectivity index is 1.71. The first-order valence-corrected chi connectivity index (χ1v) is 8.69. The highest BCUT2D eigenvalue weighted by Gasteiger charge is 2.22. The largest absolute Gasteiger partial charge is 0.337 e. The first-order chi connectivity index (χ1) is 10.7. The summed E-state index contributed by atoms with van der Waals surface area (Å²) in [6.07, 6.45) is 7.02. The van der Waals surface area contributed by atoms with E-state index in [1.807, 2.05) is 17.0 Å². The van der Waals surface area contributed by atoms with E-state index in [0.29, 0.717) is 11.6 Å². The van der Waals surface area contributed by atoms with Crippen molar-refractivity contribution in [3.63, 3.8) is 0 Å². The second-order valence-electron chi connectivity index (χ2n) is 6.73. The van der Waals surface area contributed by atoms with Crippen LogP contribution in [-0.2, 0) is 0 Å². The molecule has 1 amide bonds. The average molecular weight is 301 g/mol. The van der Waals surface area contributed by atoms with Crippen molar-refractivity contribution >= 4 is 5.91 Å². The molecule has 2 aliphatic heterocycles. The molecule has 2 aliphatic rings. The predicted molar refractivity (Wildman–Crippen MR) is 88.1 cm³/mol. The van der Waals surface area contributed by atoms with Gasteiger partial charge in [-0.25, -0.2) is 4.98 Å². The average Bonchev–Trinajstić information content (AvgIpc) is 2.84. The molecule has 2 saturated heterocycles. The molecule has 0 spiro atoms. The third kappa shape index (κ3) is 3.67. The Morgan fingerprint density at radius 2 is 1.73 bits per heavy atom. The highest BCUT2D eigenvalue weighted by atomic mass is 16.2. The molecule has 0 saturated carbocycles. The lowest BCUT2D eigenvalue weighted by Gasteiger charge is -2.28. The molecule has 4 heteroatoms. The Labute approximate surface area is 133 Å². The number of rotatable bonds is 2. The van der Waals surface area contributed by atoms with E-state index in [0.717, 1.165) is 57.6 Å². The van der Waals surface area contributed by atoms with Crippen LogP contribution in [0.3, 0.4) is 0 Å². The van der Waals surface area contributed by atoms with Crippen molar-refractivity contribution in [1.29, 1.82) is 0 Å². The van der Waals surface area contributed by atoms with Crippen molar-refractivity contribution in [2.75, 3.05) is 33.2 Å². The van der Waals surface area contributed by atoms with E-state index in [4.69, 9.17) is 4.98 Å². The van der Waals surface area contributed by atoms with Crippen molar-refractivity contribution in [3.05, 3.63) is 29.6 Å². The van der Waals surface area contributed by atoms with Gasteiger partial charge in [0, 0.05) is 24.7 Å². The molecule has 22 heavy (non-hydrogen) atoms. The van der Waals surface area contributed by atoms with E-state index in [1.54, 1.807) is 0 Å². The number of piperidine rings is 1. The molecule has 3 heterocycles. The number of likely N-dealkylation sites (tertiary alicyclic amines) is 2. The minimum absolute atomic E-state index is 0.122. The van der Waals surface area contributed by atoms with Crippen LogP contribution in [0.5, 0.6) is 0 Å². The van der Waals surface area contributed by atoms with E-state index in [-0.39, 0.29) is 5.91 Å². The summed E-state index contributed by atoms with van der Waals surface area (Å²) >= 11 is 0. The van der Waals surface area contributed by atoms with Gasteiger partial charge in [0.2, 0.25) is 0 Å². The molecule has 0 aromatic carbocycles. The van der Waals surface area contributed by atoms with Gasteiger partial charge >= 0.3 is 0 Å². The van der Waals surface area contributed by atoms with Gasteiger partial charge < -0.3 is 9.80 Å². The standard InChI is InChI=1S/C18H27N3O/c1-20-13-9-15(10-14-20)16-7-6-8-17(19-16)18(22)21-11-4-2-3-5-12-21/h6-8,15H,2-5,9-14H2,1H3. The SMILES string of the molecule is CN1CCC(c2cccc(C(=O)N3CCCCCC3)n2)CC1. The molecule has 0 aliphatic carbocycles. The Bertz CT molecular complexity index is 501. The second-order valence-corrected chi connectivity index (χ2v) is 6.73. The molecule has 0 bridgehead atoms. The van der Waals surface area contributed by atoms with E-state index in [9.17, 15) is 4.79 Å². The molecule has 120 valence electrons. The van der Waals surface area contributed by atoms with Gasteiger partial charge in [-0.15, -0.1) is 0 Å². The molecule has 0 radical (unpaired) electrons. The Morgan fingerprint density at radius 3 is 2.41 bits per heavy atom. The molecule has 0 N–H and O–H groups in total. The third-order valence-electron chi connectivity index (χ3n) is 5.02. The minimum atomic E-state index is 0.122. The summed E-state index contributed by atoms with van der Waals surface area (Å²) in [5.74, 6) is 0.629. The second kappa shape index (κ2) is 7.23. The lowest BCUT2D eigenvalue weighted by molar-refractivity contribution is 0.0755. The van der Waals surface area contributed by atoms with Gasteiger partial charge in [-0.2, -0.15) is 0 Å². The van der Waals surface area contributed by atoms with Crippen LogP contribution in [0.4, 0.5) is 0 Å². The van der Waals surface area contributed by atoms with E-state index in [2.05, 4.69) is 18.0 Å². The number of amides is 1. The molecule has 0 atom stereocenters. The van der Waals surface area contributed by atoms with Crippen molar-refractivity contribution in [2.45, 2.75) is 44.4 Å². The van der Waals surface area contributed by atoms with Crippen LogP contribution in [0.25, 0.3) is 0 Å². The zero-order chi connectivity index (χ0) is 15.4. The first kappa shape index (κ1) is 15.5. The molecular weight excluding hydrogens is 274 g/mol. The fourth-order valence-electron chi connectivity index (χ4n) is 3.54. The van der Waals surface area contributed by atoms with E-state index in [1.165, 1.54) is 12.8 Å². The van der Waals surface area contributed by atoms with E-state index >= 15 is 0 Å². The maximum Gasteiger partial charge on any atom is 0.272 e. The summed E-state index contributed by atoms with van der Waals surface area (Å²) < 4.78 is 0. The van der Waals surface area contributed by atoms with Crippen LogP contribution >= 0.6 is 0 Å². The van der Waals surface area contributed by atoms with Crippen LogP contribution in [0.2, 0.25) is 0 Å². The van der Waals surface area contributed by atoms with Crippen LogP contribution in [-0.4, -0.2) is 53.9 Å². The quantitative estimate of drug-likeness (QED) is 0.843. The highest BCUT2D eigenvalue weighted by Crippen LogP contribution is 2.26. The Morgan fingerprint density at radius 1 is 1.05 bits per heavy atom. The van der Waals surface area contributed by atoms with Gasteiger partial charge in [0.05, 0.1) is 0 Å². The Kier molecular flexibility index (Phi) is 5.08. The molecular formula is C18H27N3O. The van der Waals surface area contributed by atoms with Crippen LogP contribution in [0.1, 0.15) is 60.6 Å². The predicted octanol–water partition coefficient (Wildman–Crippen LogP) is 2.91. The van der Waals surface area contributed by atoms with Crippen LogP contribution in [0.15, 0.2) is 18.2 Å². The molecule has 1 aromatic heterocycles. The topological polar surface area (TPSA) is 36.4 Å². The van der Waals surface area contributed by atoms with Crippen molar-refractivity contribution in [2.24, 2.45) is 0 Å². The van der Waals surface area contributed by atoms with Gasteiger partial charge in [-0.1, -0.05) is 18.9 Å². The summed E-state index contributed by atoms with van der Waals surface area (Å²) in [6.45, 7) is 4.02. The van der Waals surface area contributed by atoms with Gasteiger partial charge in [0.25, 0.3) is 5.91 Å². The summed E-state index contributed by atoms with van der Waals surface area (Å²) in [4.78, 5) is 21.8.